The molecule has 1 aliphatic heterocycles. The summed E-state index contributed by atoms with van der Waals surface area (Å²) in [6, 6.07) is 0.148. The van der Waals surface area contributed by atoms with Gasteiger partial charge in [-0.25, -0.2) is 10.4 Å². The quantitative estimate of drug-likeness (QED) is 0.229. The van der Waals surface area contributed by atoms with Gasteiger partial charge in [0.1, 0.15) is 0 Å². The first-order chi connectivity index (χ1) is 10.9. The second kappa shape index (κ2) is 9.78. The van der Waals surface area contributed by atoms with Gasteiger partial charge >= 0.3 is 6.18 Å². The number of aliphatic imine (C=N–C) groups is 1. The molecule has 0 aromatic heterocycles. The van der Waals surface area contributed by atoms with Crippen LogP contribution in [-0.2, 0) is 0 Å². The Bertz CT molecular complexity index is 487. The molecule has 23 heavy (non-hydrogen) atoms. The molecule has 0 aliphatic carbocycles. The number of halogens is 3. The molecule has 0 spiro atoms. The molecule has 0 saturated carbocycles. The van der Waals surface area contributed by atoms with Crippen molar-refractivity contribution in [2.24, 2.45) is 21.1 Å². The van der Waals surface area contributed by atoms with Crippen LogP contribution in [-0.4, -0.2) is 37.8 Å². The summed E-state index contributed by atoms with van der Waals surface area (Å²) in [4.78, 5) is 3.83. The maximum Gasteiger partial charge on any atom is 0.416 e. The molecule has 1 rings (SSSR count). The van der Waals surface area contributed by atoms with Gasteiger partial charge in [0, 0.05) is 0 Å². The summed E-state index contributed by atoms with van der Waals surface area (Å²) in [5, 5.41) is 11.0. The number of alkyl halides is 3. The van der Waals surface area contributed by atoms with Crippen LogP contribution in [0.25, 0.3) is 0 Å². The van der Waals surface area contributed by atoms with Gasteiger partial charge in [-0.15, -0.1) is 0 Å². The third-order valence-corrected chi connectivity index (χ3v) is 2.98. The lowest BCUT2D eigenvalue weighted by Crippen LogP contribution is -2.31. The predicted octanol–water partition coefficient (Wildman–Crippen LogP) is 2.24. The van der Waals surface area contributed by atoms with E-state index in [1.165, 1.54) is 6.08 Å². The molecular formula is C14H21F3N6. The van der Waals surface area contributed by atoms with Gasteiger partial charge in [0.25, 0.3) is 0 Å². The molecule has 0 aromatic carbocycles. The molecule has 0 bridgehead atoms. The molecule has 1 heterocycles. The molecule has 0 amide bonds. The standard InChI is InChI=1S/C14H21F3N6/c1-2-4-11(14(15,16)17)5-3-8-20-13(18)22-23-21-12-6-9-19-10-7-12/h2-5,12,19H,1,6-10H2,(H3,18,20,21,22)/b5-3+,11-4+. The summed E-state index contributed by atoms with van der Waals surface area (Å²) >= 11 is 0. The first-order valence-corrected chi connectivity index (χ1v) is 7.16. The second-order valence-electron chi connectivity index (χ2n) is 4.79. The van der Waals surface area contributed by atoms with Crippen LogP contribution >= 0.6 is 0 Å². The van der Waals surface area contributed by atoms with Crippen LogP contribution in [0.4, 0.5) is 13.2 Å². The first-order valence-electron chi connectivity index (χ1n) is 7.16. The van der Waals surface area contributed by atoms with Crippen molar-refractivity contribution in [3.63, 3.8) is 0 Å². The molecule has 1 saturated heterocycles. The Morgan fingerprint density at radius 3 is 2.65 bits per heavy atom. The highest BCUT2D eigenvalue weighted by molar-refractivity contribution is 5.77. The number of nitrogens with one attached hydrogen (secondary N) is 2. The van der Waals surface area contributed by atoms with Crippen LogP contribution in [0.1, 0.15) is 12.8 Å². The van der Waals surface area contributed by atoms with Crippen molar-refractivity contribution in [2.75, 3.05) is 19.6 Å². The van der Waals surface area contributed by atoms with E-state index in [1.807, 2.05) is 0 Å². The molecule has 6 nitrogen and oxygen atoms in total. The van der Waals surface area contributed by atoms with E-state index < -0.39 is 11.7 Å². The topological polar surface area (TPSA) is 87.2 Å². The maximum atomic E-state index is 12.6. The smallest absolute Gasteiger partial charge is 0.368 e. The number of nitrogens with two attached hydrogens (primary N) is 1. The number of allylic oxidation sites excluding steroid dienone is 4. The molecule has 0 atom stereocenters. The molecular weight excluding hydrogens is 309 g/mol. The average molecular weight is 330 g/mol. The fraction of sp³-hybridized carbons (Fsp3) is 0.500. The molecule has 9 heteroatoms. The van der Waals surface area contributed by atoms with Crippen LogP contribution < -0.4 is 16.5 Å². The summed E-state index contributed by atoms with van der Waals surface area (Å²) in [5.41, 5.74) is 7.18. The lowest BCUT2D eigenvalue weighted by atomic mass is 10.1. The SMILES string of the molecule is C=C/C=C(\C=C\CN=C(N)NN=NC1CCNCC1)C(F)(F)F. The van der Waals surface area contributed by atoms with Crippen molar-refractivity contribution < 1.29 is 13.2 Å². The van der Waals surface area contributed by atoms with Gasteiger partial charge in [0.05, 0.1) is 18.2 Å². The molecule has 0 aromatic rings. The summed E-state index contributed by atoms with van der Waals surface area (Å²) in [5.74, 6) is -0.00593. The van der Waals surface area contributed by atoms with Gasteiger partial charge in [-0.1, -0.05) is 36.1 Å². The molecule has 1 aliphatic rings. The summed E-state index contributed by atoms with van der Waals surface area (Å²) in [7, 11) is 0. The summed E-state index contributed by atoms with van der Waals surface area (Å²) < 4.78 is 37.7. The number of nitrogens with zero attached hydrogens (tertiary/aromatic N) is 3. The molecule has 128 valence electrons. The van der Waals surface area contributed by atoms with Gasteiger partial charge < -0.3 is 11.1 Å². The van der Waals surface area contributed by atoms with Crippen molar-refractivity contribution in [2.45, 2.75) is 25.1 Å². The Hall–Kier alpha value is -2.16. The fourth-order valence-electron chi connectivity index (χ4n) is 1.82. The number of hydrogen-bond donors (Lipinski definition) is 3. The third-order valence-electron chi connectivity index (χ3n) is 2.98. The largest absolute Gasteiger partial charge is 0.416 e. The Morgan fingerprint density at radius 1 is 1.35 bits per heavy atom. The van der Waals surface area contributed by atoms with E-state index in [0.717, 1.165) is 44.2 Å². The van der Waals surface area contributed by atoms with Crippen LogP contribution in [0.5, 0.6) is 0 Å². The van der Waals surface area contributed by atoms with Crippen LogP contribution in [0.3, 0.4) is 0 Å². The van der Waals surface area contributed by atoms with Crippen molar-refractivity contribution >= 4 is 5.96 Å². The zero-order chi connectivity index (χ0) is 17.1. The highest BCUT2D eigenvalue weighted by Crippen LogP contribution is 2.26. The van der Waals surface area contributed by atoms with Crippen molar-refractivity contribution in [3.8, 4) is 0 Å². The number of piperidine rings is 1. The van der Waals surface area contributed by atoms with Crippen molar-refractivity contribution in [1.82, 2.24) is 10.7 Å². The van der Waals surface area contributed by atoms with E-state index in [2.05, 4.69) is 32.7 Å². The zero-order valence-corrected chi connectivity index (χ0v) is 12.7. The number of rotatable bonds is 6. The Kier molecular flexibility index (Phi) is 8.03. The highest BCUT2D eigenvalue weighted by atomic mass is 19.4. The van der Waals surface area contributed by atoms with E-state index in [9.17, 15) is 13.2 Å². The minimum Gasteiger partial charge on any atom is -0.368 e. The third kappa shape index (κ3) is 8.15. The van der Waals surface area contributed by atoms with E-state index >= 15 is 0 Å². The van der Waals surface area contributed by atoms with Crippen LogP contribution in [0.2, 0.25) is 0 Å². The van der Waals surface area contributed by atoms with Crippen LogP contribution in [0.15, 0.2) is 51.8 Å². The zero-order valence-electron chi connectivity index (χ0n) is 12.7. The van der Waals surface area contributed by atoms with Crippen molar-refractivity contribution in [3.05, 3.63) is 36.5 Å². The van der Waals surface area contributed by atoms with Crippen LogP contribution in [0, 0.1) is 0 Å². The second-order valence-corrected chi connectivity index (χ2v) is 4.79. The molecule has 0 unspecified atom stereocenters. The Morgan fingerprint density at radius 2 is 2.04 bits per heavy atom. The lowest BCUT2D eigenvalue weighted by molar-refractivity contribution is -0.0881. The van der Waals surface area contributed by atoms with Gasteiger partial charge in [0.15, 0.2) is 0 Å². The lowest BCUT2D eigenvalue weighted by Gasteiger charge is -2.17. The van der Waals surface area contributed by atoms with Gasteiger partial charge in [-0.3, -0.25) is 0 Å². The monoisotopic (exact) mass is 330 g/mol. The Balaban J connectivity index is 2.40. The van der Waals surface area contributed by atoms with Gasteiger partial charge in [0.2, 0.25) is 5.96 Å². The Labute approximate surface area is 133 Å². The van der Waals surface area contributed by atoms with E-state index in [0.29, 0.717) is 0 Å². The van der Waals surface area contributed by atoms with Crippen molar-refractivity contribution in [1.29, 1.82) is 0 Å². The normalized spacial score (nSPS) is 18.7. The first kappa shape index (κ1) is 18.9. The summed E-state index contributed by atoms with van der Waals surface area (Å²) in [6.07, 6.45) is 1.52. The fourth-order valence-corrected chi connectivity index (χ4v) is 1.82. The minimum atomic E-state index is -4.43. The predicted molar refractivity (Wildman–Crippen MR) is 83.8 cm³/mol. The van der Waals surface area contributed by atoms with E-state index in [-0.39, 0.29) is 18.5 Å². The average Bonchev–Trinajstić information content (AvgIpc) is 2.50. The molecule has 4 N–H and O–H groups in total. The van der Waals surface area contributed by atoms with Gasteiger partial charge in [-0.05, 0) is 25.9 Å². The summed E-state index contributed by atoms with van der Waals surface area (Å²) in [6.45, 7) is 5.04. The maximum absolute atomic E-state index is 12.6. The highest BCUT2D eigenvalue weighted by Gasteiger charge is 2.30. The van der Waals surface area contributed by atoms with Gasteiger partial charge in [-0.2, -0.15) is 18.3 Å². The van der Waals surface area contributed by atoms with E-state index in [4.69, 9.17) is 5.73 Å². The number of hydrogen-bond acceptors (Lipinski definition) is 4. The number of guanidine groups is 1. The molecule has 1 fully saturated rings. The van der Waals surface area contributed by atoms with E-state index in [1.54, 1.807) is 0 Å². The minimum absolute atomic E-state index is 0.00593. The molecule has 0 radical (unpaired) electrons.